The first-order valence-electron chi connectivity index (χ1n) is 12.0. The fourth-order valence-electron chi connectivity index (χ4n) is 4.20. The van der Waals surface area contributed by atoms with Crippen LogP contribution in [0.15, 0.2) is 78.9 Å². The lowest BCUT2D eigenvalue weighted by molar-refractivity contribution is -0.148. The molecule has 1 atom stereocenters. The summed E-state index contributed by atoms with van der Waals surface area (Å²) < 4.78 is 19.4. The van der Waals surface area contributed by atoms with Crippen LogP contribution in [-0.4, -0.2) is 60.7 Å². The first-order chi connectivity index (χ1) is 17.5. The Bertz CT molecular complexity index is 1150. The Balaban J connectivity index is 1.39. The van der Waals surface area contributed by atoms with Crippen LogP contribution in [0.1, 0.15) is 21.5 Å². The van der Waals surface area contributed by atoms with Gasteiger partial charge < -0.3 is 20.1 Å². The van der Waals surface area contributed by atoms with E-state index in [1.165, 1.54) is 11.6 Å². The molecule has 0 spiro atoms. The summed E-state index contributed by atoms with van der Waals surface area (Å²) in [5.74, 6) is -1.96. The Morgan fingerprint density at radius 3 is 2.19 bits per heavy atom. The van der Waals surface area contributed by atoms with Crippen LogP contribution in [-0.2, 0) is 22.7 Å². The Morgan fingerprint density at radius 1 is 0.917 bits per heavy atom. The third kappa shape index (κ3) is 6.68. The van der Waals surface area contributed by atoms with Gasteiger partial charge in [-0.2, -0.15) is 0 Å². The summed E-state index contributed by atoms with van der Waals surface area (Å²) in [6, 6.07) is 22.1. The normalized spacial score (nSPS) is 14.8. The van der Waals surface area contributed by atoms with Gasteiger partial charge in [-0.1, -0.05) is 60.7 Å². The van der Waals surface area contributed by atoms with Crippen molar-refractivity contribution in [2.45, 2.75) is 19.2 Å². The van der Waals surface area contributed by atoms with E-state index >= 15 is 0 Å². The molecule has 3 aromatic rings. The second-order valence-electron chi connectivity index (χ2n) is 8.71. The number of nitrogens with zero attached hydrogens (tertiary/aromatic N) is 2. The summed E-state index contributed by atoms with van der Waals surface area (Å²) in [6.07, 6.45) is 0. The number of hydrogen-bond donors (Lipinski definition) is 2. The lowest BCUT2D eigenvalue weighted by atomic mass is 10.1. The van der Waals surface area contributed by atoms with Crippen LogP contribution in [0.2, 0.25) is 0 Å². The molecule has 7 nitrogen and oxygen atoms in total. The molecule has 1 aliphatic heterocycles. The Morgan fingerprint density at radius 2 is 1.56 bits per heavy atom. The highest BCUT2D eigenvalue weighted by Gasteiger charge is 2.26. The Hall–Kier alpha value is -3.75. The van der Waals surface area contributed by atoms with Gasteiger partial charge in [0.15, 0.2) is 6.04 Å². The number of ether oxygens (including phenoxy) is 1. The average molecular weight is 492 g/mol. The van der Waals surface area contributed by atoms with Crippen LogP contribution in [0, 0.1) is 5.82 Å². The van der Waals surface area contributed by atoms with Gasteiger partial charge >= 0.3 is 5.97 Å². The number of carbonyl (C=O) groups excluding carboxylic acids is 2. The number of benzene rings is 3. The van der Waals surface area contributed by atoms with Crippen LogP contribution in [0.25, 0.3) is 0 Å². The van der Waals surface area contributed by atoms with Gasteiger partial charge in [-0.05, 0) is 29.3 Å². The highest BCUT2D eigenvalue weighted by atomic mass is 19.1. The van der Waals surface area contributed by atoms with Gasteiger partial charge in [0.05, 0.1) is 12.2 Å². The van der Waals surface area contributed by atoms with Gasteiger partial charge in [0, 0.05) is 38.4 Å². The van der Waals surface area contributed by atoms with E-state index < -0.39 is 30.3 Å². The summed E-state index contributed by atoms with van der Waals surface area (Å²) in [5, 5.41) is 12.2. The topological polar surface area (TPSA) is 82.1 Å². The summed E-state index contributed by atoms with van der Waals surface area (Å²) in [7, 11) is 0. The lowest BCUT2D eigenvalue weighted by Crippen LogP contribution is -2.47. The lowest BCUT2D eigenvalue weighted by Gasteiger charge is -2.37. The summed E-state index contributed by atoms with van der Waals surface area (Å²) >= 11 is 0. The Kier molecular flexibility index (Phi) is 8.65. The molecule has 1 amide bonds. The molecule has 0 saturated carbocycles. The highest BCUT2D eigenvalue weighted by Crippen LogP contribution is 2.24. The largest absolute Gasteiger partial charge is 0.459 e. The van der Waals surface area contributed by atoms with Crippen LogP contribution in [0.4, 0.5) is 10.1 Å². The van der Waals surface area contributed by atoms with Gasteiger partial charge in [-0.3, -0.25) is 9.69 Å². The first-order valence-corrected chi connectivity index (χ1v) is 12.0. The predicted molar refractivity (Wildman–Crippen MR) is 135 cm³/mol. The maximum atomic E-state index is 14.1. The zero-order valence-corrected chi connectivity index (χ0v) is 20.0. The van der Waals surface area contributed by atoms with E-state index in [0.717, 1.165) is 31.3 Å². The highest BCUT2D eigenvalue weighted by molar-refractivity contribution is 6.01. The number of carbonyl (C=O) groups is 2. The van der Waals surface area contributed by atoms with Crippen molar-refractivity contribution in [1.82, 2.24) is 10.2 Å². The summed E-state index contributed by atoms with van der Waals surface area (Å²) in [4.78, 5) is 29.9. The van der Waals surface area contributed by atoms with Crippen molar-refractivity contribution in [3.63, 3.8) is 0 Å². The fraction of sp³-hybridized carbons (Fsp3) is 0.286. The molecule has 188 valence electrons. The molecule has 0 unspecified atom stereocenters. The molecule has 1 aliphatic rings. The van der Waals surface area contributed by atoms with Gasteiger partial charge in [0.25, 0.3) is 5.91 Å². The molecule has 1 heterocycles. The fourth-order valence-corrected chi connectivity index (χ4v) is 4.20. The average Bonchev–Trinajstić information content (AvgIpc) is 2.92. The standard InChI is InChI=1S/C28H30FN3O4/c29-23-11-12-26(32-15-13-31(14-16-32)18-21-7-3-1-4-8-21)24(17-23)27(34)30-25(19-33)28(35)36-20-22-9-5-2-6-10-22/h1-12,17,25,33H,13-16,18-20H2,(H,30,34)/t25-/m1/s1. The minimum absolute atomic E-state index is 0.0184. The molecule has 3 aromatic carbocycles. The van der Waals surface area contributed by atoms with E-state index in [1.807, 2.05) is 41.3 Å². The van der Waals surface area contributed by atoms with Gasteiger partial charge in [-0.15, -0.1) is 0 Å². The SMILES string of the molecule is O=C(N[C@H](CO)C(=O)OCc1ccccc1)c1cc(F)ccc1N1CCN(Cc2ccccc2)CC1. The third-order valence-corrected chi connectivity index (χ3v) is 6.16. The van der Waals surface area contributed by atoms with Crippen molar-refractivity contribution in [3.8, 4) is 0 Å². The number of halogens is 1. The van der Waals surface area contributed by atoms with E-state index in [-0.39, 0.29) is 12.2 Å². The van der Waals surface area contributed by atoms with Crippen molar-refractivity contribution >= 4 is 17.6 Å². The van der Waals surface area contributed by atoms with Crippen molar-refractivity contribution in [1.29, 1.82) is 0 Å². The second kappa shape index (κ2) is 12.3. The molecule has 1 fully saturated rings. The van der Waals surface area contributed by atoms with Crippen LogP contribution in [0.5, 0.6) is 0 Å². The maximum absolute atomic E-state index is 14.1. The molecular formula is C28H30FN3O4. The summed E-state index contributed by atoms with van der Waals surface area (Å²) in [6.45, 7) is 3.14. The molecule has 2 N–H and O–H groups in total. The number of aliphatic hydroxyl groups is 1. The number of hydrogen-bond acceptors (Lipinski definition) is 6. The smallest absolute Gasteiger partial charge is 0.331 e. The molecule has 0 bridgehead atoms. The van der Waals surface area contributed by atoms with Crippen molar-refractivity contribution in [2.75, 3.05) is 37.7 Å². The third-order valence-electron chi connectivity index (χ3n) is 6.16. The van der Waals surface area contributed by atoms with Crippen molar-refractivity contribution in [2.24, 2.45) is 0 Å². The van der Waals surface area contributed by atoms with Gasteiger partial charge in [-0.25, -0.2) is 9.18 Å². The molecule has 8 heteroatoms. The predicted octanol–water partition coefficient (Wildman–Crippen LogP) is 2.98. The molecule has 0 radical (unpaired) electrons. The molecule has 4 rings (SSSR count). The molecule has 0 aromatic heterocycles. The van der Waals surface area contributed by atoms with Crippen molar-refractivity contribution in [3.05, 3.63) is 101 Å². The number of amides is 1. The van der Waals surface area contributed by atoms with Gasteiger partial charge in [0.2, 0.25) is 0 Å². The van der Waals surface area contributed by atoms with E-state index in [4.69, 9.17) is 4.74 Å². The van der Waals surface area contributed by atoms with Crippen LogP contribution < -0.4 is 10.2 Å². The summed E-state index contributed by atoms with van der Waals surface area (Å²) in [5.41, 5.74) is 2.72. The maximum Gasteiger partial charge on any atom is 0.331 e. The quantitative estimate of drug-likeness (QED) is 0.448. The minimum atomic E-state index is -1.26. The second-order valence-corrected chi connectivity index (χ2v) is 8.71. The van der Waals surface area contributed by atoms with Crippen LogP contribution >= 0.6 is 0 Å². The molecule has 0 aliphatic carbocycles. The van der Waals surface area contributed by atoms with Gasteiger partial charge in [0.1, 0.15) is 12.4 Å². The number of piperazine rings is 1. The molecular weight excluding hydrogens is 461 g/mol. The van der Waals surface area contributed by atoms with E-state index in [1.54, 1.807) is 18.2 Å². The van der Waals surface area contributed by atoms with Crippen molar-refractivity contribution < 1.29 is 23.8 Å². The molecule has 36 heavy (non-hydrogen) atoms. The van der Waals surface area contributed by atoms with E-state index in [9.17, 15) is 19.1 Å². The monoisotopic (exact) mass is 491 g/mol. The number of anilines is 1. The minimum Gasteiger partial charge on any atom is -0.459 e. The first kappa shape index (κ1) is 25.3. The number of nitrogens with one attached hydrogen (secondary N) is 1. The zero-order chi connectivity index (χ0) is 25.3. The zero-order valence-electron chi connectivity index (χ0n) is 20.0. The Labute approximate surface area is 210 Å². The molecule has 1 saturated heterocycles. The van der Waals surface area contributed by atoms with E-state index in [2.05, 4.69) is 22.3 Å². The van der Waals surface area contributed by atoms with Crippen LogP contribution in [0.3, 0.4) is 0 Å². The number of aliphatic hydroxyl groups excluding tert-OH is 1. The number of esters is 1. The van der Waals surface area contributed by atoms with E-state index in [0.29, 0.717) is 18.8 Å². The number of rotatable bonds is 9.